The van der Waals surface area contributed by atoms with Gasteiger partial charge in [0, 0.05) is 40.0 Å². The lowest BCUT2D eigenvalue weighted by molar-refractivity contribution is 0.580. The minimum absolute atomic E-state index is 0.467. The van der Waals surface area contributed by atoms with Crippen molar-refractivity contribution in [2.75, 3.05) is 5.73 Å². The maximum Gasteiger partial charge on any atom is 0.213 e. The van der Waals surface area contributed by atoms with Gasteiger partial charge in [0.2, 0.25) is 5.95 Å². The van der Waals surface area contributed by atoms with Gasteiger partial charge in [-0.2, -0.15) is 9.49 Å². The fourth-order valence-corrected chi connectivity index (χ4v) is 3.42. The van der Waals surface area contributed by atoms with Crippen LogP contribution in [0.15, 0.2) is 48.7 Å². The molecule has 6 nitrogen and oxygen atoms in total. The van der Waals surface area contributed by atoms with E-state index in [-0.39, 0.29) is 0 Å². The van der Waals surface area contributed by atoms with Crippen LogP contribution in [0.2, 0.25) is 0 Å². The SMILES string of the molecule is Cc1cc(-c2cc3c(-c4ccc5[nH]nc(N)c5c4)ccnc3[nH]2)cc(F)n1. The lowest BCUT2D eigenvalue weighted by Crippen LogP contribution is -1.88. The molecule has 0 unspecified atom stereocenters. The smallest absolute Gasteiger partial charge is 0.213 e. The third-order valence-corrected chi connectivity index (χ3v) is 4.67. The van der Waals surface area contributed by atoms with E-state index >= 15 is 0 Å². The van der Waals surface area contributed by atoms with Gasteiger partial charge in [-0.1, -0.05) is 6.07 Å². The van der Waals surface area contributed by atoms with E-state index in [2.05, 4.69) is 25.1 Å². The number of nitrogens with one attached hydrogen (secondary N) is 2. The quantitative estimate of drug-likeness (QED) is 0.412. The number of anilines is 1. The van der Waals surface area contributed by atoms with Crippen LogP contribution >= 0.6 is 0 Å². The maximum atomic E-state index is 13.7. The Kier molecular flexibility index (Phi) is 3.24. The van der Waals surface area contributed by atoms with Crippen molar-refractivity contribution in [3.8, 4) is 22.4 Å². The van der Waals surface area contributed by atoms with E-state index in [0.29, 0.717) is 11.5 Å². The summed E-state index contributed by atoms with van der Waals surface area (Å²) in [5.74, 6) is -0.0348. The Morgan fingerprint density at radius 2 is 1.89 bits per heavy atom. The summed E-state index contributed by atoms with van der Waals surface area (Å²) in [4.78, 5) is 11.5. The molecule has 0 aliphatic rings. The summed E-state index contributed by atoms with van der Waals surface area (Å²) in [5.41, 5.74) is 11.7. The molecule has 0 aliphatic heterocycles. The molecule has 27 heavy (non-hydrogen) atoms. The van der Waals surface area contributed by atoms with E-state index in [0.717, 1.165) is 44.3 Å². The van der Waals surface area contributed by atoms with Crippen molar-refractivity contribution in [3.05, 3.63) is 60.3 Å². The number of aryl methyl sites for hydroxylation is 1. The molecule has 0 spiro atoms. The number of fused-ring (bicyclic) bond motifs is 2. The Balaban J connectivity index is 1.71. The van der Waals surface area contributed by atoms with E-state index < -0.39 is 5.95 Å². The fraction of sp³-hybridized carbons (Fsp3) is 0.0500. The zero-order valence-electron chi connectivity index (χ0n) is 14.4. The highest BCUT2D eigenvalue weighted by Gasteiger charge is 2.12. The van der Waals surface area contributed by atoms with Crippen LogP contribution in [0.1, 0.15) is 5.69 Å². The number of nitrogens with two attached hydrogens (primary N) is 1. The van der Waals surface area contributed by atoms with Crippen molar-refractivity contribution < 1.29 is 4.39 Å². The van der Waals surface area contributed by atoms with Crippen molar-refractivity contribution in [2.45, 2.75) is 6.92 Å². The first kappa shape index (κ1) is 15.5. The van der Waals surface area contributed by atoms with Gasteiger partial charge >= 0.3 is 0 Å². The second kappa shape index (κ2) is 5.63. The molecule has 0 fully saturated rings. The second-order valence-electron chi connectivity index (χ2n) is 6.49. The molecule has 132 valence electrons. The number of hydrogen-bond donors (Lipinski definition) is 3. The molecule has 0 saturated heterocycles. The first-order valence-electron chi connectivity index (χ1n) is 8.45. The van der Waals surface area contributed by atoms with Crippen LogP contribution in [0.25, 0.3) is 44.3 Å². The molecule has 5 rings (SSSR count). The van der Waals surface area contributed by atoms with Crippen molar-refractivity contribution in [2.24, 2.45) is 0 Å². The van der Waals surface area contributed by atoms with Gasteiger partial charge in [0.05, 0.1) is 5.52 Å². The Bertz CT molecular complexity index is 1300. The number of rotatable bonds is 2. The highest BCUT2D eigenvalue weighted by atomic mass is 19.1. The van der Waals surface area contributed by atoms with Crippen molar-refractivity contribution >= 4 is 27.8 Å². The molecule has 0 amide bonds. The number of hydrogen-bond acceptors (Lipinski definition) is 4. The molecule has 5 aromatic rings. The summed E-state index contributed by atoms with van der Waals surface area (Å²) in [7, 11) is 0. The van der Waals surface area contributed by atoms with Crippen molar-refractivity contribution in [1.29, 1.82) is 0 Å². The number of H-pyrrole nitrogens is 2. The van der Waals surface area contributed by atoms with Gasteiger partial charge in [-0.3, -0.25) is 5.10 Å². The third-order valence-electron chi connectivity index (χ3n) is 4.67. The number of pyridine rings is 2. The van der Waals surface area contributed by atoms with Crippen LogP contribution in [-0.4, -0.2) is 25.1 Å². The summed E-state index contributed by atoms with van der Waals surface area (Å²) >= 11 is 0. The monoisotopic (exact) mass is 358 g/mol. The summed E-state index contributed by atoms with van der Waals surface area (Å²) < 4.78 is 13.7. The highest BCUT2D eigenvalue weighted by molar-refractivity contribution is 5.99. The second-order valence-corrected chi connectivity index (χ2v) is 6.49. The number of nitrogens with zero attached hydrogens (tertiary/aromatic N) is 3. The summed E-state index contributed by atoms with van der Waals surface area (Å²) in [6.07, 6.45) is 1.75. The Morgan fingerprint density at radius 3 is 2.74 bits per heavy atom. The van der Waals surface area contributed by atoms with Gasteiger partial charge in [0.25, 0.3) is 0 Å². The average molecular weight is 358 g/mol. The van der Waals surface area contributed by atoms with Crippen LogP contribution < -0.4 is 5.73 Å². The maximum absolute atomic E-state index is 13.7. The molecule has 1 aromatic carbocycles. The van der Waals surface area contributed by atoms with Gasteiger partial charge in [-0.15, -0.1) is 0 Å². The molecule has 0 saturated carbocycles. The van der Waals surface area contributed by atoms with Gasteiger partial charge in [0.1, 0.15) is 5.65 Å². The molecular formula is C20H15FN6. The predicted molar refractivity (Wildman–Crippen MR) is 104 cm³/mol. The Morgan fingerprint density at radius 1 is 1.00 bits per heavy atom. The van der Waals surface area contributed by atoms with Crippen LogP contribution in [0.3, 0.4) is 0 Å². The normalized spacial score (nSPS) is 11.5. The number of benzene rings is 1. The van der Waals surface area contributed by atoms with E-state index in [1.807, 2.05) is 36.4 Å². The summed E-state index contributed by atoms with van der Waals surface area (Å²) in [6.45, 7) is 1.77. The number of aromatic amines is 2. The molecule has 7 heteroatoms. The van der Waals surface area contributed by atoms with Crippen molar-refractivity contribution in [3.63, 3.8) is 0 Å². The Labute approximate surface area is 153 Å². The van der Waals surface area contributed by atoms with Gasteiger partial charge < -0.3 is 10.7 Å². The molecule has 0 radical (unpaired) electrons. The lowest BCUT2D eigenvalue weighted by Gasteiger charge is -2.03. The average Bonchev–Trinajstić information content (AvgIpc) is 3.24. The third kappa shape index (κ3) is 2.52. The number of halogens is 1. The Hall–Kier alpha value is -3.74. The van der Waals surface area contributed by atoms with Gasteiger partial charge in [0.15, 0.2) is 5.82 Å². The van der Waals surface area contributed by atoms with Crippen LogP contribution in [0.5, 0.6) is 0 Å². The molecule has 0 aliphatic carbocycles. The van der Waals surface area contributed by atoms with Crippen LogP contribution in [-0.2, 0) is 0 Å². The van der Waals surface area contributed by atoms with E-state index in [1.54, 1.807) is 13.1 Å². The van der Waals surface area contributed by atoms with E-state index in [9.17, 15) is 4.39 Å². The zero-order chi connectivity index (χ0) is 18.5. The minimum atomic E-state index is -0.502. The molecule has 0 bridgehead atoms. The van der Waals surface area contributed by atoms with Crippen LogP contribution in [0.4, 0.5) is 10.2 Å². The van der Waals surface area contributed by atoms with Gasteiger partial charge in [-0.25, -0.2) is 9.97 Å². The summed E-state index contributed by atoms with van der Waals surface area (Å²) in [6, 6.07) is 13.2. The first-order valence-corrected chi connectivity index (χ1v) is 8.45. The zero-order valence-corrected chi connectivity index (χ0v) is 14.4. The molecule has 4 N–H and O–H groups in total. The molecule has 4 heterocycles. The van der Waals surface area contributed by atoms with Crippen molar-refractivity contribution in [1.82, 2.24) is 25.1 Å². The van der Waals surface area contributed by atoms with Gasteiger partial charge in [-0.05, 0) is 48.4 Å². The topological polar surface area (TPSA) is 96.3 Å². The molecule has 4 aromatic heterocycles. The standard InChI is InChI=1S/C20H15FN6/c1-10-6-12(8-18(21)24-10)17-9-14-13(4-5-23-20(14)25-17)11-2-3-16-15(7-11)19(22)27-26-16/h2-9H,1H3,(H,23,25)(H3,22,26,27). The molecule has 0 atom stereocenters. The highest BCUT2D eigenvalue weighted by Crippen LogP contribution is 2.33. The fourth-order valence-electron chi connectivity index (χ4n) is 3.42. The van der Waals surface area contributed by atoms with E-state index in [1.165, 1.54) is 6.07 Å². The number of aromatic nitrogens is 5. The van der Waals surface area contributed by atoms with Crippen LogP contribution in [0, 0.1) is 12.9 Å². The minimum Gasteiger partial charge on any atom is -0.382 e. The number of nitrogen functional groups attached to an aromatic ring is 1. The summed E-state index contributed by atoms with van der Waals surface area (Å²) in [5, 5.41) is 8.77. The lowest BCUT2D eigenvalue weighted by atomic mass is 10.0. The molecular weight excluding hydrogens is 343 g/mol. The predicted octanol–water partition coefficient (Wildman–Crippen LogP) is 4.20. The largest absolute Gasteiger partial charge is 0.382 e. The van der Waals surface area contributed by atoms with E-state index in [4.69, 9.17) is 5.73 Å². The first-order chi connectivity index (χ1) is 13.1.